The van der Waals surface area contributed by atoms with E-state index in [1.54, 1.807) is 0 Å². The van der Waals surface area contributed by atoms with E-state index in [2.05, 4.69) is 15.0 Å². The molecule has 1 unspecified atom stereocenters. The highest BCUT2D eigenvalue weighted by atomic mass is 16.5. The average Bonchev–Trinajstić information content (AvgIpc) is 3.22. The van der Waals surface area contributed by atoms with Gasteiger partial charge in [-0.3, -0.25) is 4.79 Å². The fraction of sp³-hybridized carbons (Fsp3) is 0.864. The van der Waals surface area contributed by atoms with E-state index < -0.39 is 0 Å². The molecule has 2 saturated heterocycles. The third kappa shape index (κ3) is 4.12. The first kappa shape index (κ1) is 18.6. The second-order valence-corrected chi connectivity index (χ2v) is 9.65. The molecule has 154 valence electrons. The number of rotatable bonds is 5. The molecule has 6 heteroatoms. The van der Waals surface area contributed by atoms with Crippen LogP contribution >= 0.6 is 0 Å². The van der Waals surface area contributed by atoms with Crippen molar-refractivity contribution in [1.29, 1.82) is 0 Å². The van der Waals surface area contributed by atoms with Crippen LogP contribution in [0.2, 0.25) is 0 Å². The number of ether oxygens (including phenoxy) is 1. The Morgan fingerprint density at radius 1 is 1.07 bits per heavy atom. The van der Waals surface area contributed by atoms with E-state index in [0.717, 1.165) is 69.9 Å². The quantitative estimate of drug-likeness (QED) is 0.767. The summed E-state index contributed by atoms with van der Waals surface area (Å²) in [5, 5.41) is 4.16. The Morgan fingerprint density at radius 2 is 1.86 bits per heavy atom. The van der Waals surface area contributed by atoms with Crippen molar-refractivity contribution in [3.8, 4) is 0 Å². The summed E-state index contributed by atoms with van der Waals surface area (Å²) in [5.41, 5.74) is -0.0492. The van der Waals surface area contributed by atoms with Crippen LogP contribution in [0.4, 0.5) is 0 Å². The molecule has 1 spiro atoms. The van der Waals surface area contributed by atoms with Gasteiger partial charge >= 0.3 is 0 Å². The van der Waals surface area contributed by atoms with E-state index >= 15 is 0 Å². The maximum atomic E-state index is 12.7. The Balaban J connectivity index is 1.13. The lowest BCUT2D eigenvalue weighted by molar-refractivity contribution is -0.148. The molecule has 5 rings (SSSR count). The molecule has 0 N–H and O–H groups in total. The number of hydrogen-bond acceptors (Lipinski definition) is 5. The Hall–Kier alpha value is -1.43. The topological polar surface area (TPSA) is 68.5 Å². The number of hydrogen-bond donors (Lipinski definition) is 0. The van der Waals surface area contributed by atoms with Gasteiger partial charge in [0.05, 0.1) is 5.60 Å². The smallest absolute Gasteiger partial charge is 0.226 e. The summed E-state index contributed by atoms with van der Waals surface area (Å²) < 4.78 is 11.8. The van der Waals surface area contributed by atoms with E-state index in [9.17, 15) is 4.79 Å². The summed E-state index contributed by atoms with van der Waals surface area (Å²) in [4.78, 5) is 19.4. The highest BCUT2D eigenvalue weighted by molar-refractivity contribution is 5.76. The third-order valence-corrected chi connectivity index (χ3v) is 7.45. The molecule has 28 heavy (non-hydrogen) atoms. The number of likely N-dealkylation sites (tertiary alicyclic amines) is 1. The van der Waals surface area contributed by atoms with Crippen molar-refractivity contribution in [3.63, 3.8) is 0 Å². The second-order valence-electron chi connectivity index (χ2n) is 9.65. The normalized spacial score (nSPS) is 28.1. The SMILES string of the molecule is O=C(CC1CCCC1)N1CCC2(CC1)CC(Cc1nc(C3CC3)no1)CCO2. The summed E-state index contributed by atoms with van der Waals surface area (Å²) in [6.45, 7) is 2.51. The van der Waals surface area contributed by atoms with Gasteiger partial charge in [-0.05, 0) is 63.2 Å². The van der Waals surface area contributed by atoms with Gasteiger partial charge in [-0.25, -0.2) is 0 Å². The molecule has 1 aromatic rings. The standard InChI is InChI=1S/C22H33N3O3/c26-20(14-16-3-1-2-4-16)25-10-8-22(9-11-25)15-17(7-12-27-22)13-19-23-21(24-28-19)18-5-6-18/h16-18H,1-15H2. The van der Waals surface area contributed by atoms with Crippen molar-refractivity contribution < 1.29 is 14.1 Å². The molecule has 6 nitrogen and oxygen atoms in total. The van der Waals surface area contributed by atoms with Gasteiger partial charge in [-0.15, -0.1) is 0 Å². The zero-order valence-corrected chi connectivity index (χ0v) is 16.9. The first-order valence-corrected chi connectivity index (χ1v) is 11.4. The molecule has 0 aromatic carbocycles. The Bertz CT molecular complexity index is 685. The summed E-state index contributed by atoms with van der Waals surface area (Å²) in [5.74, 6) is 3.80. The Morgan fingerprint density at radius 3 is 2.61 bits per heavy atom. The molecule has 2 saturated carbocycles. The van der Waals surface area contributed by atoms with E-state index in [0.29, 0.717) is 23.7 Å². The maximum absolute atomic E-state index is 12.7. The van der Waals surface area contributed by atoms with Crippen LogP contribution in [0.25, 0.3) is 0 Å². The van der Waals surface area contributed by atoms with Crippen LogP contribution in [0.5, 0.6) is 0 Å². The molecule has 4 aliphatic rings. The van der Waals surface area contributed by atoms with Crippen LogP contribution in [-0.4, -0.2) is 46.2 Å². The van der Waals surface area contributed by atoms with Crippen LogP contribution < -0.4 is 0 Å². The number of amides is 1. The molecule has 0 bridgehead atoms. The van der Waals surface area contributed by atoms with Crippen molar-refractivity contribution in [2.24, 2.45) is 11.8 Å². The number of carbonyl (C=O) groups is 1. The lowest BCUT2D eigenvalue weighted by atomic mass is 9.78. The molecule has 1 atom stereocenters. The van der Waals surface area contributed by atoms with Gasteiger partial charge in [0.25, 0.3) is 0 Å². The van der Waals surface area contributed by atoms with Gasteiger partial charge in [0, 0.05) is 38.5 Å². The predicted octanol–water partition coefficient (Wildman–Crippen LogP) is 3.86. The fourth-order valence-corrected chi connectivity index (χ4v) is 5.51. The van der Waals surface area contributed by atoms with Gasteiger partial charge in [0.15, 0.2) is 5.82 Å². The van der Waals surface area contributed by atoms with E-state index in [1.807, 2.05) is 0 Å². The van der Waals surface area contributed by atoms with Crippen molar-refractivity contribution in [2.75, 3.05) is 19.7 Å². The van der Waals surface area contributed by atoms with Gasteiger partial charge in [-0.2, -0.15) is 4.98 Å². The number of aromatic nitrogens is 2. The van der Waals surface area contributed by atoms with Crippen molar-refractivity contribution in [3.05, 3.63) is 11.7 Å². The highest BCUT2D eigenvalue weighted by Gasteiger charge is 2.41. The van der Waals surface area contributed by atoms with Gasteiger partial charge in [0.1, 0.15) is 0 Å². The number of carbonyl (C=O) groups excluding carboxylic acids is 1. The van der Waals surface area contributed by atoms with Crippen molar-refractivity contribution in [2.45, 2.75) is 88.6 Å². The minimum atomic E-state index is -0.0492. The van der Waals surface area contributed by atoms with Crippen LogP contribution in [0.3, 0.4) is 0 Å². The average molecular weight is 388 g/mol. The first-order chi connectivity index (χ1) is 13.7. The molecule has 1 amide bonds. The van der Waals surface area contributed by atoms with Gasteiger partial charge in [0.2, 0.25) is 11.8 Å². The largest absolute Gasteiger partial charge is 0.375 e. The minimum absolute atomic E-state index is 0.0492. The minimum Gasteiger partial charge on any atom is -0.375 e. The molecular formula is C22H33N3O3. The van der Waals surface area contributed by atoms with Crippen molar-refractivity contribution in [1.82, 2.24) is 15.0 Å². The van der Waals surface area contributed by atoms with E-state index in [-0.39, 0.29) is 5.60 Å². The molecule has 3 heterocycles. The fourth-order valence-electron chi connectivity index (χ4n) is 5.51. The van der Waals surface area contributed by atoms with Crippen LogP contribution in [-0.2, 0) is 16.0 Å². The molecule has 2 aliphatic heterocycles. The molecular weight excluding hydrogens is 354 g/mol. The summed E-state index contributed by atoms with van der Waals surface area (Å²) >= 11 is 0. The molecule has 4 fully saturated rings. The summed E-state index contributed by atoms with van der Waals surface area (Å²) in [6.07, 6.45) is 13.2. The van der Waals surface area contributed by atoms with E-state index in [1.165, 1.54) is 38.5 Å². The zero-order valence-electron chi connectivity index (χ0n) is 16.9. The molecule has 1 aromatic heterocycles. The second kappa shape index (κ2) is 7.77. The number of nitrogens with zero attached hydrogens (tertiary/aromatic N) is 3. The Kier molecular flexibility index (Phi) is 5.16. The highest BCUT2D eigenvalue weighted by Crippen LogP contribution is 2.40. The maximum Gasteiger partial charge on any atom is 0.226 e. The molecule has 0 radical (unpaired) electrons. The Labute approximate surface area is 167 Å². The van der Waals surface area contributed by atoms with E-state index in [4.69, 9.17) is 9.26 Å². The van der Waals surface area contributed by atoms with Crippen LogP contribution in [0.15, 0.2) is 4.52 Å². The van der Waals surface area contributed by atoms with Crippen LogP contribution in [0, 0.1) is 11.8 Å². The zero-order chi connectivity index (χ0) is 19.0. The lowest BCUT2D eigenvalue weighted by Crippen LogP contribution is -2.51. The predicted molar refractivity (Wildman–Crippen MR) is 104 cm³/mol. The molecule has 2 aliphatic carbocycles. The van der Waals surface area contributed by atoms with Gasteiger partial charge < -0.3 is 14.2 Å². The van der Waals surface area contributed by atoms with Gasteiger partial charge in [-0.1, -0.05) is 18.0 Å². The monoisotopic (exact) mass is 387 g/mol. The lowest BCUT2D eigenvalue weighted by Gasteiger charge is -2.46. The first-order valence-electron chi connectivity index (χ1n) is 11.4. The summed E-state index contributed by atoms with van der Waals surface area (Å²) in [7, 11) is 0. The van der Waals surface area contributed by atoms with Crippen LogP contribution in [0.1, 0.15) is 88.3 Å². The van der Waals surface area contributed by atoms with Crippen molar-refractivity contribution >= 4 is 5.91 Å². The number of piperidine rings is 1. The summed E-state index contributed by atoms with van der Waals surface area (Å²) in [6, 6.07) is 0. The third-order valence-electron chi connectivity index (χ3n) is 7.45.